The summed E-state index contributed by atoms with van der Waals surface area (Å²) in [5, 5.41) is 0. The number of hydrogen-bond acceptors (Lipinski definition) is 2. The molecule has 2 rings (SSSR count). The van der Waals surface area contributed by atoms with E-state index in [4.69, 9.17) is 5.73 Å². The Morgan fingerprint density at radius 2 is 2.27 bits per heavy atom. The second kappa shape index (κ2) is 4.51. The fourth-order valence-corrected chi connectivity index (χ4v) is 2.06. The Labute approximate surface area is 89.9 Å². The van der Waals surface area contributed by atoms with Gasteiger partial charge in [-0.2, -0.15) is 0 Å². The minimum atomic E-state index is -0.0499. The zero-order valence-electron chi connectivity index (χ0n) is 8.98. The number of anilines is 1. The first-order chi connectivity index (χ1) is 7.27. The SMILES string of the molecule is Nc1cccn(CCCC2CCC2)c1=O. The molecule has 0 radical (unpaired) electrons. The van der Waals surface area contributed by atoms with Crippen LogP contribution < -0.4 is 11.3 Å². The van der Waals surface area contributed by atoms with Crippen LogP contribution in [0, 0.1) is 5.92 Å². The van der Waals surface area contributed by atoms with Crippen LogP contribution in [0.4, 0.5) is 5.69 Å². The largest absolute Gasteiger partial charge is 0.394 e. The van der Waals surface area contributed by atoms with E-state index < -0.39 is 0 Å². The molecule has 1 aliphatic carbocycles. The van der Waals surface area contributed by atoms with Gasteiger partial charge in [-0.25, -0.2) is 0 Å². The second-order valence-electron chi connectivity index (χ2n) is 4.40. The van der Waals surface area contributed by atoms with Crippen LogP contribution in [0.2, 0.25) is 0 Å². The van der Waals surface area contributed by atoms with Crippen LogP contribution in [0.1, 0.15) is 32.1 Å². The summed E-state index contributed by atoms with van der Waals surface area (Å²) in [7, 11) is 0. The number of nitrogens with two attached hydrogens (primary N) is 1. The number of aromatic nitrogens is 1. The third-order valence-corrected chi connectivity index (χ3v) is 3.29. The molecular formula is C12H18N2O. The summed E-state index contributed by atoms with van der Waals surface area (Å²) >= 11 is 0. The first kappa shape index (κ1) is 10.3. The summed E-state index contributed by atoms with van der Waals surface area (Å²) in [5.74, 6) is 0.918. The highest BCUT2D eigenvalue weighted by atomic mass is 16.1. The molecule has 15 heavy (non-hydrogen) atoms. The van der Waals surface area contributed by atoms with Crippen LogP contribution in [0.25, 0.3) is 0 Å². The lowest BCUT2D eigenvalue weighted by Gasteiger charge is -2.25. The quantitative estimate of drug-likeness (QED) is 0.819. The van der Waals surface area contributed by atoms with Gasteiger partial charge in [0.1, 0.15) is 0 Å². The van der Waals surface area contributed by atoms with Crippen molar-refractivity contribution in [2.75, 3.05) is 5.73 Å². The highest BCUT2D eigenvalue weighted by Crippen LogP contribution is 2.30. The number of rotatable bonds is 4. The molecule has 1 aromatic heterocycles. The van der Waals surface area contributed by atoms with Crippen molar-refractivity contribution >= 4 is 5.69 Å². The highest BCUT2D eigenvalue weighted by Gasteiger charge is 2.16. The Morgan fingerprint density at radius 1 is 1.47 bits per heavy atom. The van der Waals surface area contributed by atoms with E-state index in [-0.39, 0.29) is 5.56 Å². The van der Waals surface area contributed by atoms with Gasteiger partial charge in [-0.15, -0.1) is 0 Å². The van der Waals surface area contributed by atoms with Crippen molar-refractivity contribution in [3.8, 4) is 0 Å². The first-order valence-electron chi connectivity index (χ1n) is 5.72. The minimum absolute atomic E-state index is 0.0499. The van der Waals surface area contributed by atoms with Crippen molar-refractivity contribution in [1.82, 2.24) is 4.57 Å². The molecule has 1 fully saturated rings. The van der Waals surface area contributed by atoms with E-state index in [0.717, 1.165) is 18.9 Å². The minimum Gasteiger partial charge on any atom is -0.394 e. The Morgan fingerprint density at radius 3 is 2.93 bits per heavy atom. The van der Waals surface area contributed by atoms with E-state index in [1.807, 2.05) is 12.3 Å². The van der Waals surface area contributed by atoms with Crippen LogP contribution in [0.15, 0.2) is 23.1 Å². The third kappa shape index (κ3) is 2.41. The van der Waals surface area contributed by atoms with Crippen molar-refractivity contribution in [1.29, 1.82) is 0 Å². The number of hydrogen-bond donors (Lipinski definition) is 1. The molecule has 0 unspecified atom stereocenters. The molecule has 0 aliphatic heterocycles. The Kier molecular flexibility index (Phi) is 3.09. The number of nitrogen functional groups attached to an aromatic ring is 1. The fourth-order valence-electron chi connectivity index (χ4n) is 2.06. The van der Waals surface area contributed by atoms with Gasteiger partial charge in [0.25, 0.3) is 5.56 Å². The van der Waals surface area contributed by atoms with Crippen LogP contribution in [-0.4, -0.2) is 4.57 Å². The van der Waals surface area contributed by atoms with Crippen molar-refractivity contribution in [3.63, 3.8) is 0 Å². The summed E-state index contributed by atoms with van der Waals surface area (Å²) < 4.78 is 1.72. The molecular weight excluding hydrogens is 188 g/mol. The molecule has 0 amide bonds. The molecule has 1 aliphatic rings. The zero-order chi connectivity index (χ0) is 10.7. The maximum atomic E-state index is 11.6. The molecule has 3 nitrogen and oxygen atoms in total. The molecule has 0 bridgehead atoms. The second-order valence-corrected chi connectivity index (χ2v) is 4.40. The van der Waals surface area contributed by atoms with Gasteiger partial charge in [-0.05, 0) is 30.9 Å². The van der Waals surface area contributed by atoms with Gasteiger partial charge in [-0.3, -0.25) is 4.79 Å². The Bertz CT molecular complexity index is 379. The van der Waals surface area contributed by atoms with Crippen molar-refractivity contribution in [3.05, 3.63) is 28.7 Å². The first-order valence-corrected chi connectivity index (χ1v) is 5.72. The van der Waals surface area contributed by atoms with Gasteiger partial charge >= 0.3 is 0 Å². The molecule has 3 heteroatoms. The van der Waals surface area contributed by atoms with Crippen molar-refractivity contribution in [2.45, 2.75) is 38.6 Å². The fraction of sp³-hybridized carbons (Fsp3) is 0.583. The van der Waals surface area contributed by atoms with Crippen molar-refractivity contribution < 1.29 is 0 Å². The highest BCUT2D eigenvalue weighted by molar-refractivity contribution is 5.33. The Balaban J connectivity index is 1.87. The normalized spacial score (nSPS) is 16.3. The van der Waals surface area contributed by atoms with Gasteiger partial charge in [0.05, 0.1) is 5.69 Å². The monoisotopic (exact) mass is 206 g/mol. The predicted molar refractivity (Wildman–Crippen MR) is 61.7 cm³/mol. The van der Waals surface area contributed by atoms with Crippen LogP contribution >= 0.6 is 0 Å². The molecule has 1 saturated carbocycles. The van der Waals surface area contributed by atoms with Crippen LogP contribution in [0.3, 0.4) is 0 Å². The molecule has 0 atom stereocenters. The summed E-state index contributed by atoms with van der Waals surface area (Å²) in [6.07, 6.45) is 8.31. The van der Waals surface area contributed by atoms with E-state index in [2.05, 4.69) is 0 Å². The summed E-state index contributed by atoms with van der Waals surface area (Å²) in [6, 6.07) is 3.49. The summed E-state index contributed by atoms with van der Waals surface area (Å²) in [6.45, 7) is 0.806. The van der Waals surface area contributed by atoms with Gasteiger partial charge in [0.2, 0.25) is 0 Å². The Hall–Kier alpha value is -1.25. The van der Waals surface area contributed by atoms with Crippen LogP contribution in [-0.2, 0) is 6.54 Å². The predicted octanol–water partition coefficient (Wildman–Crippen LogP) is 2.01. The zero-order valence-corrected chi connectivity index (χ0v) is 8.98. The van der Waals surface area contributed by atoms with Crippen molar-refractivity contribution in [2.24, 2.45) is 5.92 Å². The van der Waals surface area contributed by atoms with Crippen LogP contribution in [0.5, 0.6) is 0 Å². The van der Waals surface area contributed by atoms with E-state index >= 15 is 0 Å². The number of nitrogens with zero attached hydrogens (tertiary/aromatic N) is 1. The molecule has 1 heterocycles. The van der Waals surface area contributed by atoms with E-state index in [0.29, 0.717) is 5.69 Å². The number of pyridine rings is 1. The topological polar surface area (TPSA) is 48.0 Å². The molecule has 2 N–H and O–H groups in total. The standard InChI is InChI=1S/C12H18N2O/c13-11-7-3-9-14(12(11)15)8-2-6-10-4-1-5-10/h3,7,9-10H,1-2,4-6,8,13H2. The van der Waals surface area contributed by atoms with E-state index in [9.17, 15) is 4.79 Å². The summed E-state index contributed by atoms with van der Waals surface area (Å²) in [4.78, 5) is 11.6. The van der Waals surface area contributed by atoms with Gasteiger partial charge in [0, 0.05) is 12.7 Å². The van der Waals surface area contributed by atoms with Gasteiger partial charge < -0.3 is 10.3 Å². The van der Waals surface area contributed by atoms with E-state index in [1.54, 1.807) is 10.6 Å². The maximum absolute atomic E-state index is 11.6. The summed E-state index contributed by atoms with van der Waals surface area (Å²) in [5.41, 5.74) is 5.85. The molecule has 1 aromatic rings. The maximum Gasteiger partial charge on any atom is 0.273 e. The smallest absolute Gasteiger partial charge is 0.273 e. The average molecular weight is 206 g/mol. The third-order valence-electron chi connectivity index (χ3n) is 3.29. The van der Waals surface area contributed by atoms with E-state index in [1.165, 1.54) is 25.7 Å². The lowest BCUT2D eigenvalue weighted by Crippen LogP contribution is -2.22. The molecule has 82 valence electrons. The lowest BCUT2D eigenvalue weighted by atomic mass is 9.82. The van der Waals surface area contributed by atoms with Gasteiger partial charge in [-0.1, -0.05) is 19.3 Å². The lowest BCUT2D eigenvalue weighted by molar-refractivity contribution is 0.284. The van der Waals surface area contributed by atoms with Gasteiger partial charge in [0.15, 0.2) is 0 Å². The molecule has 0 saturated heterocycles. The molecule has 0 aromatic carbocycles. The average Bonchev–Trinajstić information content (AvgIpc) is 2.16. The molecule has 0 spiro atoms. The number of aryl methyl sites for hydroxylation is 1.